The van der Waals surface area contributed by atoms with Gasteiger partial charge in [-0.2, -0.15) is 13.2 Å². The fourth-order valence-electron chi connectivity index (χ4n) is 2.47. The number of ether oxygens (including phenoxy) is 1. The second-order valence-corrected chi connectivity index (χ2v) is 5.48. The van der Waals surface area contributed by atoms with Crippen LogP contribution in [-0.4, -0.2) is 34.3 Å². The van der Waals surface area contributed by atoms with E-state index in [1.165, 1.54) is 12.1 Å². The fourth-order valence-corrected chi connectivity index (χ4v) is 2.47. The van der Waals surface area contributed by atoms with Gasteiger partial charge in [0.05, 0.1) is 12.4 Å². The molecule has 1 aliphatic heterocycles. The van der Waals surface area contributed by atoms with Crippen LogP contribution in [0.4, 0.5) is 17.6 Å². The van der Waals surface area contributed by atoms with E-state index in [2.05, 4.69) is 10.3 Å². The number of rotatable bonds is 3. The molecule has 0 saturated heterocycles. The van der Waals surface area contributed by atoms with Gasteiger partial charge in [-0.15, -0.1) is 0 Å². The molecule has 5 nitrogen and oxygen atoms in total. The first-order valence-corrected chi connectivity index (χ1v) is 7.11. The summed E-state index contributed by atoms with van der Waals surface area (Å²) in [5.41, 5.74) is 0.639. The largest absolute Gasteiger partial charge is 0.491 e. The van der Waals surface area contributed by atoms with Crippen LogP contribution < -0.4 is 10.1 Å². The van der Waals surface area contributed by atoms with E-state index in [1.54, 1.807) is 6.07 Å². The van der Waals surface area contributed by atoms with Crippen molar-refractivity contribution in [1.29, 1.82) is 0 Å². The van der Waals surface area contributed by atoms with Crippen LogP contribution in [0.3, 0.4) is 0 Å². The van der Waals surface area contributed by atoms with Crippen molar-refractivity contribution in [2.45, 2.75) is 25.2 Å². The summed E-state index contributed by atoms with van der Waals surface area (Å²) in [6.45, 7) is -1.07. The van der Waals surface area contributed by atoms with Gasteiger partial charge in [-0.25, -0.2) is 9.37 Å². The van der Waals surface area contributed by atoms with Gasteiger partial charge >= 0.3 is 6.18 Å². The van der Waals surface area contributed by atoms with Gasteiger partial charge in [0.15, 0.2) is 0 Å². The molecular weight excluding hydrogens is 330 g/mol. The standard InChI is InChI=1S/C15H13F4N3O2/c16-10-2-1-9-3-11(6-24-13(9)4-10)21-14(23)12-5-22(8-20-12)7-15(17,18)19/h1-2,4-5,8,11H,3,6-7H2,(H,21,23). The zero-order chi connectivity index (χ0) is 17.3. The van der Waals surface area contributed by atoms with Crippen LogP contribution in [-0.2, 0) is 13.0 Å². The number of imidazole rings is 1. The van der Waals surface area contributed by atoms with Gasteiger partial charge in [0, 0.05) is 12.3 Å². The molecular formula is C15H13F4N3O2. The van der Waals surface area contributed by atoms with Crippen LogP contribution in [0.15, 0.2) is 30.7 Å². The van der Waals surface area contributed by atoms with E-state index >= 15 is 0 Å². The molecule has 3 rings (SSSR count). The molecule has 0 saturated carbocycles. The number of hydrogen-bond donors (Lipinski definition) is 1. The van der Waals surface area contributed by atoms with Crippen molar-refractivity contribution < 1.29 is 27.1 Å². The van der Waals surface area contributed by atoms with Gasteiger partial charge in [0.2, 0.25) is 0 Å². The number of fused-ring (bicyclic) bond motifs is 1. The number of carbonyl (C=O) groups excluding carboxylic acids is 1. The summed E-state index contributed by atoms with van der Waals surface area (Å²) in [5, 5.41) is 2.65. The molecule has 1 amide bonds. The van der Waals surface area contributed by atoms with Crippen LogP contribution in [0.25, 0.3) is 0 Å². The first-order chi connectivity index (χ1) is 11.3. The summed E-state index contributed by atoms with van der Waals surface area (Å²) < 4.78 is 56.2. The fraction of sp³-hybridized carbons (Fsp3) is 0.333. The van der Waals surface area contributed by atoms with Gasteiger partial charge < -0.3 is 14.6 Å². The minimum Gasteiger partial charge on any atom is -0.491 e. The number of carbonyl (C=O) groups is 1. The first kappa shape index (κ1) is 16.3. The van der Waals surface area contributed by atoms with E-state index in [0.29, 0.717) is 12.2 Å². The highest BCUT2D eigenvalue weighted by Crippen LogP contribution is 2.25. The Morgan fingerprint density at radius 3 is 2.96 bits per heavy atom. The van der Waals surface area contributed by atoms with Crippen LogP contribution in [0.5, 0.6) is 5.75 Å². The summed E-state index contributed by atoms with van der Waals surface area (Å²) in [6.07, 6.45) is -1.96. The lowest BCUT2D eigenvalue weighted by atomic mass is 10.0. The van der Waals surface area contributed by atoms with Crippen LogP contribution in [0, 0.1) is 5.82 Å². The Labute approximate surface area is 134 Å². The van der Waals surface area contributed by atoms with E-state index < -0.39 is 24.4 Å². The second kappa shape index (κ2) is 6.14. The first-order valence-electron chi connectivity index (χ1n) is 7.11. The number of nitrogens with one attached hydrogen (secondary N) is 1. The van der Waals surface area contributed by atoms with Gasteiger partial charge in [-0.1, -0.05) is 6.07 Å². The molecule has 0 aliphatic carbocycles. The molecule has 24 heavy (non-hydrogen) atoms. The molecule has 0 fully saturated rings. The number of halogens is 4. The van der Waals surface area contributed by atoms with Crippen molar-refractivity contribution in [3.63, 3.8) is 0 Å². The zero-order valence-electron chi connectivity index (χ0n) is 12.3. The van der Waals surface area contributed by atoms with Crippen LogP contribution in [0.1, 0.15) is 16.1 Å². The Hall–Kier alpha value is -2.58. The normalized spacial score (nSPS) is 17.1. The molecule has 2 heterocycles. The molecule has 2 aromatic rings. The minimum absolute atomic E-state index is 0.107. The second-order valence-electron chi connectivity index (χ2n) is 5.48. The lowest BCUT2D eigenvalue weighted by Crippen LogP contribution is -2.42. The number of nitrogens with zero attached hydrogens (tertiary/aromatic N) is 2. The van der Waals surface area contributed by atoms with Gasteiger partial charge in [-0.3, -0.25) is 4.79 Å². The Kier molecular flexibility index (Phi) is 4.16. The van der Waals surface area contributed by atoms with Crippen molar-refractivity contribution in [2.24, 2.45) is 0 Å². The zero-order valence-corrected chi connectivity index (χ0v) is 12.3. The molecule has 0 bridgehead atoms. The number of amides is 1. The van der Waals surface area contributed by atoms with E-state index in [9.17, 15) is 22.4 Å². The Morgan fingerprint density at radius 1 is 1.42 bits per heavy atom. The molecule has 1 aromatic carbocycles. The van der Waals surface area contributed by atoms with Crippen molar-refractivity contribution in [3.05, 3.63) is 47.8 Å². The smallest absolute Gasteiger partial charge is 0.406 e. The van der Waals surface area contributed by atoms with E-state index in [-0.39, 0.29) is 18.3 Å². The molecule has 1 aromatic heterocycles. The average molecular weight is 343 g/mol. The van der Waals surface area contributed by atoms with Crippen molar-refractivity contribution >= 4 is 5.91 Å². The number of aromatic nitrogens is 2. The number of alkyl halides is 3. The minimum atomic E-state index is -4.38. The molecule has 0 spiro atoms. The van der Waals surface area contributed by atoms with Crippen LogP contribution in [0.2, 0.25) is 0 Å². The molecule has 1 aliphatic rings. The molecule has 1 unspecified atom stereocenters. The Bertz CT molecular complexity index is 757. The monoisotopic (exact) mass is 343 g/mol. The molecule has 128 valence electrons. The highest BCUT2D eigenvalue weighted by Gasteiger charge is 2.28. The highest BCUT2D eigenvalue weighted by molar-refractivity contribution is 5.92. The third kappa shape index (κ3) is 3.84. The Morgan fingerprint density at radius 2 is 2.21 bits per heavy atom. The van der Waals surface area contributed by atoms with Gasteiger partial charge in [0.25, 0.3) is 5.91 Å². The number of hydrogen-bond acceptors (Lipinski definition) is 3. The summed E-state index contributed by atoms with van der Waals surface area (Å²) in [6, 6.07) is 3.77. The van der Waals surface area contributed by atoms with Gasteiger partial charge in [-0.05, 0) is 18.1 Å². The summed E-state index contributed by atoms with van der Waals surface area (Å²) in [5.74, 6) is -0.573. The topological polar surface area (TPSA) is 56.1 Å². The summed E-state index contributed by atoms with van der Waals surface area (Å²) in [4.78, 5) is 15.8. The lowest BCUT2D eigenvalue weighted by molar-refractivity contribution is -0.140. The van der Waals surface area contributed by atoms with Crippen molar-refractivity contribution in [2.75, 3.05) is 6.61 Å². The van der Waals surface area contributed by atoms with Gasteiger partial charge in [0.1, 0.15) is 30.4 Å². The van der Waals surface area contributed by atoms with E-state index in [4.69, 9.17) is 4.74 Å². The molecule has 1 atom stereocenters. The molecule has 1 N–H and O–H groups in total. The predicted molar refractivity (Wildman–Crippen MR) is 75.1 cm³/mol. The molecule has 9 heteroatoms. The third-order valence-electron chi connectivity index (χ3n) is 3.50. The SMILES string of the molecule is O=C(NC1COc2cc(F)ccc2C1)c1cn(CC(F)(F)F)cn1. The Balaban J connectivity index is 1.62. The average Bonchev–Trinajstić information content (AvgIpc) is 2.94. The quantitative estimate of drug-likeness (QED) is 0.871. The maximum Gasteiger partial charge on any atom is 0.406 e. The predicted octanol–water partition coefficient (Wildman–Crippen LogP) is 2.32. The summed E-state index contributed by atoms with van der Waals surface area (Å²) in [7, 11) is 0. The maximum absolute atomic E-state index is 13.1. The van der Waals surface area contributed by atoms with Crippen molar-refractivity contribution in [1.82, 2.24) is 14.9 Å². The number of benzene rings is 1. The molecule has 0 radical (unpaired) electrons. The third-order valence-corrected chi connectivity index (χ3v) is 3.50. The maximum atomic E-state index is 13.1. The van der Waals surface area contributed by atoms with E-state index in [1.807, 2.05) is 0 Å². The highest BCUT2D eigenvalue weighted by atomic mass is 19.4. The van der Waals surface area contributed by atoms with Crippen LogP contribution >= 0.6 is 0 Å². The van der Waals surface area contributed by atoms with E-state index in [0.717, 1.165) is 22.7 Å². The summed E-state index contributed by atoms with van der Waals surface area (Å²) >= 11 is 0. The lowest BCUT2D eigenvalue weighted by Gasteiger charge is -2.25. The van der Waals surface area contributed by atoms with Crippen molar-refractivity contribution in [3.8, 4) is 5.75 Å².